The van der Waals surface area contributed by atoms with Crippen LogP contribution in [0.15, 0.2) is 0 Å². The number of aliphatic hydroxyl groups excluding tert-OH is 2. The third-order valence-corrected chi connectivity index (χ3v) is 9.79. The van der Waals surface area contributed by atoms with Crippen LogP contribution in [0.4, 0.5) is 0 Å². The zero-order chi connectivity index (χ0) is 15.7. The molecule has 5 saturated carbocycles. The van der Waals surface area contributed by atoms with Crippen molar-refractivity contribution in [2.75, 3.05) is 0 Å². The van der Waals surface area contributed by atoms with E-state index >= 15 is 0 Å². The van der Waals surface area contributed by atoms with E-state index in [9.17, 15) is 10.2 Å². The van der Waals surface area contributed by atoms with Crippen LogP contribution in [0.3, 0.4) is 0 Å². The molecule has 7 rings (SSSR count). The van der Waals surface area contributed by atoms with E-state index < -0.39 is 12.6 Å². The summed E-state index contributed by atoms with van der Waals surface area (Å²) in [6.45, 7) is 0. The number of ether oxygens (including phenoxy) is 2. The summed E-state index contributed by atoms with van der Waals surface area (Å²) in [5.41, 5.74) is 0. The molecule has 0 spiro atoms. The number of hydrogen-bond donors (Lipinski definition) is 2. The second-order valence-electron chi connectivity index (χ2n) is 10.1. The molecule has 0 aromatic heterocycles. The van der Waals surface area contributed by atoms with Crippen molar-refractivity contribution in [3.05, 3.63) is 0 Å². The molecule has 0 radical (unpaired) electrons. The lowest BCUT2D eigenvalue weighted by Gasteiger charge is -2.58. The molecule has 0 amide bonds. The third kappa shape index (κ3) is 1.42. The minimum absolute atomic E-state index is 0.107. The van der Waals surface area contributed by atoms with Crippen molar-refractivity contribution >= 4 is 0 Å². The average molecular weight is 332 g/mol. The highest BCUT2D eigenvalue weighted by Crippen LogP contribution is 2.72. The summed E-state index contributed by atoms with van der Waals surface area (Å²) < 4.78 is 12.2. The molecule has 2 N–H and O–H groups in total. The molecule has 24 heavy (non-hydrogen) atoms. The fraction of sp³-hybridized carbons (Fsp3) is 1.00. The molecule has 2 saturated heterocycles. The van der Waals surface area contributed by atoms with Gasteiger partial charge in [-0.2, -0.15) is 0 Å². The Labute approximate surface area is 142 Å². The molecule has 0 aromatic carbocycles. The average Bonchev–Trinajstić information content (AvgIpc) is 3.27. The summed E-state index contributed by atoms with van der Waals surface area (Å²) in [6, 6.07) is 0. The van der Waals surface area contributed by atoms with Crippen LogP contribution in [-0.2, 0) is 9.47 Å². The lowest BCUT2D eigenvalue weighted by Crippen LogP contribution is -2.61. The number of aliphatic hydroxyl groups is 2. The highest BCUT2D eigenvalue weighted by Gasteiger charge is 2.71. The standard InChI is InChI=1S/C20H28O4/c21-19-17-15-9(5-7-1-3-11(23-19)13(7)15)10-6-8-2-4-12-14(8)16(10)18(17)20(22)24-12/h7-22H,1-6H2/t7-,8?,9-,10?,11-,12?,13+,14?,15+,16?,17-,18?,19?,20?/m1/s1. The molecule has 132 valence electrons. The summed E-state index contributed by atoms with van der Waals surface area (Å²) >= 11 is 0. The summed E-state index contributed by atoms with van der Waals surface area (Å²) in [6.07, 6.45) is 6.78. The Hall–Kier alpha value is -0.160. The van der Waals surface area contributed by atoms with Crippen LogP contribution in [0.2, 0.25) is 0 Å². The Bertz CT molecular complexity index is 530. The third-order valence-electron chi connectivity index (χ3n) is 9.79. The van der Waals surface area contributed by atoms with Gasteiger partial charge in [-0.25, -0.2) is 0 Å². The Morgan fingerprint density at radius 3 is 1.46 bits per heavy atom. The molecule has 7 aliphatic rings. The fourth-order valence-corrected chi connectivity index (χ4v) is 9.53. The highest BCUT2D eigenvalue weighted by molar-refractivity contribution is 5.16. The fourth-order valence-electron chi connectivity index (χ4n) is 9.53. The molecule has 8 unspecified atom stereocenters. The molecule has 0 bridgehead atoms. The van der Waals surface area contributed by atoms with Crippen molar-refractivity contribution in [2.45, 2.75) is 63.3 Å². The maximum Gasteiger partial charge on any atom is 0.158 e. The van der Waals surface area contributed by atoms with Crippen LogP contribution in [0.1, 0.15) is 38.5 Å². The van der Waals surface area contributed by atoms with Gasteiger partial charge in [-0.3, -0.25) is 0 Å². The van der Waals surface area contributed by atoms with Gasteiger partial charge >= 0.3 is 0 Å². The largest absolute Gasteiger partial charge is 0.368 e. The predicted octanol–water partition coefficient (Wildman–Crippen LogP) is 1.99. The maximum absolute atomic E-state index is 10.9. The summed E-state index contributed by atoms with van der Waals surface area (Å²) in [5, 5.41) is 21.8. The molecule has 7 fully saturated rings. The molecule has 4 heteroatoms. The van der Waals surface area contributed by atoms with Crippen LogP contribution in [0.25, 0.3) is 0 Å². The Balaban J connectivity index is 1.38. The first-order valence-corrected chi connectivity index (χ1v) is 10.4. The van der Waals surface area contributed by atoms with E-state index in [2.05, 4.69) is 0 Å². The number of rotatable bonds is 0. The minimum atomic E-state index is -0.684. The van der Waals surface area contributed by atoms with Crippen molar-refractivity contribution in [1.29, 1.82) is 0 Å². The molecule has 0 aromatic rings. The van der Waals surface area contributed by atoms with Gasteiger partial charge in [0, 0.05) is 11.8 Å². The second kappa shape index (κ2) is 4.39. The van der Waals surface area contributed by atoms with Crippen LogP contribution >= 0.6 is 0 Å². The maximum atomic E-state index is 10.9. The van der Waals surface area contributed by atoms with E-state index in [0.717, 1.165) is 36.5 Å². The van der Waals surface area contributed by atoms with E-state index in [1.54, 1.807) is 0 Å². The molecular formula is C20H28O4. The van der Waals surface area contributed by atoms with E-state index in [0.29, 0.717) is 23.7 Å². The lowest BCUT2D eigenvalue weighted by molar-refractivity contribution is -0.317. The predicted molar refractivity (Wildman–Crippen MR) is 84.4 cm³/mol. The minimum Gasteiger partial charge on any atom is -0.368 e. The van der Waals surface area contributed by atoms with Crippen molar-refractivity contribution < 1.29 is 19.7 Å². The van der Waals surface area contributed by atoms with Gasteiger partial charge in [-0.15, -0.1) is 0 Å². The first kappa shape index (κ1) is 14.0. The van der Waals surface area contributed by atoms with Gasteiger partial charge in [0.05, 0.1) is 12.2 Å². The monoisotopic (exact) mass is 332 g/mol. The Morgan fingerprint density at radius 2 is 1.00 bits per heavy atom. The van der Waals surface area contributed by atoms with Crippen LogP contribution in [0.5, 0.6) is 0 Å². The summed E-state index contributed by atoms with van der Waals surface area (Å²) in [4.78, 5) is 0. The normalized spacial score (nSPS) is 71.2. The molecule has 5 aliphatic carbocycles. The van der Waals surface area contributed by atoms with Gasteiger partial charge in [0.1, 0.15) is 0 Å². The van der Waals surface area contributed by atoms with E-state index in [1.165, 1.54) is 25.7 Å². The van der Waals surface area contributed by atoms with Crippen LogP contribution in [-0.4, -0.2) is 35.0 Å². The summed E-state index contributed by atoms with van der Waals surface area (Å²) in [7, 11) is 0. The molecular weight excluding hydrogens is 304 g/mol. The van der Waals surface area contributed by atoms with Gasteiger partial charge in [0.2, 0.25) is 0 Å². The number of hydrogen-bond acceptors (Lipinski definition) is 4. The lowest BCUT2D eigenvalue weighted by atomic mass is 9.53. The number of fused-ring (bicyclic) bond motifs is 2. The van der Waals surface area contributed by atoms with Crippen LogP contribution < -0.4 is 0 Å². The zero-order valence-corrected chi connectivity index (χ0v) is 14.0. The zero-order valence-electron chi connectivity index (χ0n) is 14.0. The van der Waals surface area contributed by atoms with Gasteiger partial charge in [0.15, 0.2) is 12.6 Å². The molecule has 4 nitrogen and oxygen atoms in total. The highest BCUT2D eigenvalue weighted by atomic mass is 16.6. The van der Waals surface area contributed by atoms with Crippen molar-refractivity contribution in [2.24, 2.45) is 59.2 Å². The van der Waals surface area contributed by atoms with Gasteiger partial charge in [0.25, 0.3) is 0 Å². The Kier molecular flexibility index (Phi) is 2.55. The van der Waals surface area contributed by atoms with Crippen molar-refractivity contribution in [3.8, 4) is 0 Å². The van der Waals surface area contributed by atoms with Gasteiger partial charge in [-0.1, -0.05) is 0 Å². The topological polar surface area (TPSA) is 58.9 Å². The van der Waals surface area contributed by atoms with Crippen molar-refractivity contribution in [3.63, 3.8) is 0 Å². The van der Waals surface area contributed by atoms with E-state index in [-0.39, 0.29) is 24.0 Å². The van der Waals surface area contributed by atoms with Gasteiger partial charge in [-0.05, 0) is 85.9 Å². The smallest absolute Gasteiger partial charge is 0.158 e. The molecule has 14 atom stereocenters. The van der Waals surface area contributed by atoms with E-state index in [1.807, 2.05) is 0 Å². The molecule has 2 aliphatic heterocycles. The Morgan fingerprint density at radius 1 is 0.542 bits per heavy atom. The first-order valence-electron chi connectivity index (χ1n) is 10.4. The van der Waals surface area contributed by atoms with Crippen molar-refractivity contribution in [1.82, 2.24) is 0 Å². The molecule has 2 heterocycles. The first-order chi connectivity index (χ1) is 11.7. The SMILES string of the molecule is OC1OC2CCC3CC4C(C32)C1[C@@H]1C(O)O[C@@H]2CC[C@@H]3C[C@H]4[C@H]1[C@@H]32. The van der Waals surface area contributed by atoms with Crippen LogP contribution in [0, 0.1) is 59.2 Å². The van der Waals surface area contributed by atoms with E-state index in [4.69, 9.17) is 9.47 Å². The summed E-state index contributed by atoms with van der Waals surface area (Å²) in [5.74, 6) is 5.85. The second-order valence-corrected chi connectivity index (χ2v) is 10.1. The van der Waals surface area contributed by atoms with Gasteiger partial charge < -0.3 is 19.7 Å². The quantitative estimate of drug-likeness (QED) is 0.712.